The second-order valence-corrected chi connectivity index (χ2v) is 7.08. The molecule has 3 rings (SSSR count). The molecular formula is C13H15NO2S. The van der Waals surface area contributed by atoms with Gasteiger partial charge in [-0.25, -0.2) is 0 Å². The van der Waals surface area contributed by atoms with Crippen molar-refractivity contribution in [2.24, 2.45) is 5.16 Å². The van der Waals surface area contributed by atoms with E-state index in [1.807, 2.05) is 0 Å². The molecule has 0 radical (unpaired) electrons. The molecule has 0 fully saturated rings. The van der Waals surface area contributed by atoms with Crippen molar-refractivity contribution in [3.63, 3.8) is 0 Å². The maximum atomic E-state index is 5.42. The van der Waals surface area contributed by atoms with Crippen molar-refractivity contribution in [3.8, 4) is 0 Å². The first kappa shape index (κ1) is 10.7. The summed E-state index contributed by atoms with van der Waals surface area (Å²) in [4.78, 5) is 7.56. The van der Waals surface area contributed by atoms with E-state index in [4.69, 9.17) is 9.57 Å². The smallest absolute Gasteiger partial charge is 0.265 e. The Morgan fingerprint density at radius 3 is 2.82 bits per heavy atom. The zero-order valence-corrected chi connectivity index (χ0v) is 10.8. The van der Waals surface area contributed by atoms with Crippen LogP contribution in [0.25, 0.3) is 6.08 Å². The minimum atomic E-state index is -0.369. The fourth-order valence-corrected chi connectivity index (χ4v) is 4.84. The lowest BCUT2D eigenvalue weighted by molar-refractivity contribution is 0.0584. The van der Waals surface area contributed by atoms with Gasteiger partial charge in [-0.3, -0.25) is 0 Å². The Morgan fingerprint density at radius 1 is 1.29 bits per heavy atom. The third kappa shape index (κ3) is 1.72. The van der Waals surface area contributed by atoms with Crippen LogP contribution >= 0.6 is 10.9 Å². The van der Waals surface area contributed by atoms with Crippen molar-refractivity contribution in [3.05, 3.63) is 34.7 Å². The van der Waals surface area contributed by atoms with Gasteiger partial charge in [0, 0.05) is 0 Å². The first-order valence-electron chi connectivity index (χ1n) is 5.70. The topological polar surface area (TPSA) is 30.8 Å². The van der Waals surface area contributed by atoms with E-state index < -0.39 is 0 Å². The first-order chi connectivity index (χ1) is 8.27. The standard InChI is InChI=1S/C13H15NO2S/c1-9(2)17-11-6-4-3-5-10(11)7-12(17)13-14-16-8-15-13/h3-7,9,17H,8H2,1-2H3. The molecule has 0 spiro atoms. The van der Waals surface area contributed by atoms with Crippen molar-refractivity contribution >= 4 is 22.9 Å². The molecule has 0 amide bonds. The van der Waals surface area contributed by atoms with Crippen molar-refractivity contribution in [1.82, 2.24) is 0 Å². The SMILES string of the molecule is CC(C)[SH]1C(C2=NOCO2)=Cc2ccccc21. The largest absolute Gasteiger partial charge is 0.435 e. The van der Waals surface area contributed by atoms with Crippen LogP contribution in [0, 0.1) is 0 Å². The van der Waals surface area contributed by atoms with Gasteiger partial charge in [0.15, 0.2) is 0 Å². The second-order valence-electron chi connectivity index (χ2n) is 4.34. The Bertz CT molecular complexity index is 508. The number of hydrogen-bond acceptors (Lipinski definition) is 3. The molecule has 1 aromatic carbocycles. The number of fused-ring (bicyclic) bond motifs is 1. The van der Waals surface area contributed by atoms with Gasteiger partial charge >= 0.3 is 0 Å². The Hall–Kier alpha value is -1.42. The van der Waals surface area contributed by atoms with Crippen LogP contribution in [-0.4, -0.2) is 17.9 Å². The number of benzene rings is 1. The van der Waals surface area contributed by atoms with Gasteiger partial charge in [0.2, 0.25) is 0 Å². The Labute approximate surface area is 103 Å². The van der Waals surface area contributed by atoms with Crippen LogP contribution in [0.1, 0.15) is 19.4 Å². The van der Waals surface area contributed by atoms with Crippen LogP contribution in [0.15, 0.2) is 39.2 Å². The summed E-state index contributed by atoms with van der Waals surface area (Å²) in [5.41, 5.74) is 1.29. The van der Waals surface area contributed by atoms with Crippen LogP contribution in [0.3, 0.4) is 0 Å². The van der Waals surface area contributed by atoms with Crippen molar-refractivity contribution < 1.29 is 9.57 Å². The molecule has 3 nitrogen and oxygen atoms in total. The van der Waals surface area contributed by atoms with Gasteiger partial charge in [0.25, 0.3) is 12.7 Å². The summed E-state index contributed by atoms with van der Waals surface area (Å²) in [6, 6.07) is 8.53. The zero-order valence-electron chi connectivity index (χ0n) is 9.88. The van der Waals surface area contributed by atoms with Crippen molar-refractivity contribution in [2.75, 3.05) is 6.79 Å². The number of thiol groups is 1. The summed E-state index contributed by atoms with van der Waals surface area (Å²) in [6.07, 6.45) is 2.19. The average Bonchev–Trinajstić information content (AvgIpc) is 2.95. The highest BCUT2D eigenvalue weighted by molar-refractivity contribution is 8.22. The van der Waals surface area contributed by atoms with E-state index in [0.29, 0.717) is 11.1 Å². The summed E-state index contributed by atoms with van der Waals surface area (Å²) >= 11 is 0. The molecule has 2 aliphatic heterocycles. The molecule has 1 unspecified atom stereocenters. The lowest BCUT2D eigenvalue weighted by Gasteiger charge is -2.24. The average molecular weight is 249 g/mol. The molecule has 0 bridgehead atoms. The number of nitrogens with zero attached hydrogens (tertiary/aromatic N) is 1. The molecule has 1 atom stereocenters. The molecule has 2 aliphatic rings. The Balaban J connectivity index is 2.05. The summed E-state index contributed by atoms with van der Waals surface area (Å²) < 4.78 is 5.42. The number of oxime groups is 1. The third-order valence-electron chi connectivity index (χ3n) is 2.88. The van der Waals surface area contributed by atoms with E-state index >= 15 is 0 Å². The lowest BCUT2D eigenvalue weighted by atomic mass is 10.2. The maximum absolute atomic E-state index is 5.42. The fourth-order valence-electron chi connectivity index (χ4n) is 2.21. The van der Waals surface area contributed by atoms with Gasteiger partial charge in [-0.15, -0.1) is 0 Å². The molecule has 0 aromatic heterocycles. The van der Waals surface area contributed by atoms with Crippen LogP contribution < -0.4 is 0 Å². The van der Waals surface area contributed by atoms with Gasteiger partial charge in [-0.05, 0) is 33.0 Å². The summed E-state index contributed by atoms with van der Waals surface area (Å²) in [6.45, 7) is 4.74. The van der Waals surface area contributed by atoms with Gasteiger partial charge < -0.3 is 9.57 Å². The summed E-state index contributed by atoms with van der Waals surface area (Å²) in [5.74, 6) is 0.668. The molecule has 0 N–H and O–H groups in total. The van der Waals surface area contributed by atoms with Crippen LogP contribution in [0.5, 0.6) is 0 Å². The summed E-state index contributed by atoms with van der Waals surface area (Å²) in [7, 11) is -0.369. The van der Waals surface area contributed by atoms with Gasteiger partial charge in [-0.2, -0.15) is 10.9 Å². The molecule has 90 valence electrons. The monoisotopic (exact) mass is 249 g/mol. The van der Waals surface area contributed by atoms with Crippen LogP contribution in [0.4, 0.5) is 0 Å². The molecule has 17 heavy (non-hydrogen) atoms. The molecule has 2 heterocycles. The number of hydrogen-bond donors (Lipinski definition) is 1. The van der Waals surface area contributed by atoms with Crippen LogP contribution in [-0.2, 0) is 9.57 Å². The summed E-state index contributed by atoms with van der Waals surface area (Å²) in [5, 5.41) is 4.55. The van der Waals surface area contributed by atoms with Gasteiger partial charge in [-0.1, -0.05) is 32.0 Å². The maximum Gasteiger partial charge on any atom is 0.265 e. The van der Waals surface area contributed by atoms with E-state index in [1.54, 1.807) is 0 Å². The van der Waals surface area contributed by atoms with Gasteiger partial charge in [0.1, 0.15) is 0 Å². The first-order valence-corrected chi connectivity index (χ1v) is 7.11. The quantitative estimate of drug-likeness (QED) is 0.816. The minimum absolute atomic E-state index is 0.240. The number of ether oxygens (including phenoxy) is 1. The molecule has 0 aliphatic carbocycles. The molecule has 1 aromatic rings. The second kappa shape index (κ2) is 4.11. The third-order valence-corrected chi connectivity index (χ3v) is 5.68. The molecule has 4 heteroatoms. The molecular weight excluding hydrogens is 234 g/mol. The minimum Gasteiger partial charge on any atom is -0.435 e. The van der Waals surface area contributed by atoms with Crippen LogP contribution in [0.2, 0.25) is 0 Å². The van der Waals surface area contributed by atoms with E-state index in [9.17, 15) is 0 Å². The van der Waals surface area contributed by atoms with E-state index in [0.717, 1.165) is 0 Å². The Morgan fingerprint density at radius 2 is 2.12 bits per heavy atom. The van der Waals surface area contributed by atoms with Gasteiger partial charge in [0.05, 0.1) is 4.91 Å². The highest BCUT2D eigenvalue weighted by Crippen LogP contribution is 2.55. The lowest BCUT2D eigenvalue weighted by Crippen LogP contribution is -2.07. The number of rotatable bonds is 2. The predicted octanol–water partition coefficient (Wildman–Crippen LogP) is 3.13. The van der Waals surface area contributed by atoms with E-state index in [-0.39, 0.29) is 17.7 Å². The highest BCUT2D eigenvalue weighted by Gasteiger charge is 2.30. The fraction of sp³-hybridized carbons (Fsp3) is 0.308. The predicted molar refractivity (Wildman–Crippen MR) is 71.3 cm³/mol. The zero-order chi connectivity index (χ0) is 11.8. The Kier molecular flexibility index (Phi) is 2.59. The molecule has 0 saturated heterocycles. The normalized spacial score (nSPS) is 23.8. The van der Waals surface area contributed by atoms with Crippen molar-refractivity contribution in [1.29, 1.82) is 0 Å². The highest BCUT2D eigenvalue weighted by atomic mass is 32.2. The van der Waals surface area contributed by atoms with E-state index in [2.05, 4.69) is 49.3 Å². The molecule has 0 saturated carbocycles. The van der Waals surface area contributed by atoms with E-state index in [1.165, 1.54) is 15.4 Å². The van der Waals surface area contributed by atoms with Crippen molar-refractivity contribution in [2.45, 2.75) is 24.0 Å².